The molecule has 2 aromatic rings. The van der Waals surface area contributed by atoms with Crippen LogP contribution in [-0.2, 0) is 16.6 Å². The zero-order valence-corrected chi connectivity index (χ0v) is 27.6. The van der Waals surface area contributed by atoms with Crippen LogP contribution in [0.15, 0.2) is 29.0 Å². The van der Waals surface area contributed by atoms with Gasteiger partial charge in [0, 0.05) is 7.05 Å². The van der Waals surface area contributed by atoms with E-state index in [2.05, 4.69) is 26.2 Å². The summed E-state index contributed by atoms with van der Waals surface area (Å²) < 4.78 is 8.46. The van der Waals surface area contributed by atoms with Gasteiger partial charge < -0.3 is 4.57 Å². The maximum absolute atomic E-state index is 13.3. The first-order chi connectivity index (χ1) is 18.4. The van der Waals surface area contributed by atoms with E-state index in [0.717, 1.165) is 17.3 Å². The predicted octanol–water partition coefficient (Wildman–Crippen LogP) is 4.55. The number of ether oxygens (including phenoxy) is 1. The molecule has 1 atom stereocenters. The van der Waals surface area contributed by atoms with E-state index in [1.807, 2.05) is 20.8 Å². The van der Waals surface area contributed by atoms with Gasteiger partial charge in [0.15, 0.2) is 5.82 Å². The van der Waals surface area contributed by atoms with Gasteiger partial charge >= 0.3 is 190 Å². The molecular formula is C26H32BrClN5O5Sn. The molecule has 0 aliphatic carbocycles. The number of hydrogen-bond donors (Lipinski definition) is 1. The van der Waals surface area contributed by atoms with Crippen LogP contribution in [0.2, 0.25) is 13.4 Å². The molecule has 0 spiro atoms. The van der Waals surface area contributed by atoms with E-state index < -0.39 is 31.3 Å². The molecule has 2 aliphatic heterocycles. The number of amides is 3. The average molecular weight is 729 g/mol. The minimum absolute atomic E-state index is 0.0396. The third kappa shape index (κ3) is 6.97. The van der Waals surface area contributed by atoms with E-state index in [1.165, 1.54) is 12.3 Å². The van der Waals surface area contributed by atoms with E-state index in [1.54, 1.807) is 33.5 Å². The third-order valence-corrected chi connectivity index (χ3v) is 16.1. The number of anilines is 1. The van der Waals surface area contributed by atoms with Gasteiger partial charge in [-0.05, 0) is 15.9 Å². The number of piperazine rings is 1. The molecule has 2 saturated heterocycles. The molecule has 39 heavy (non-hydrogen) atoms. The van der Waals surface area contributed by atoms with Crippen molar-refractivity contribution < 1.29 is 23.9 Å². The number of rotatable bonds is 5. The molecule has 0 saturated carbocycles. The number of carbonyl (C=O) groups excluding carboxylic acids is 4. The fourth-order valence-electron chi connectivity index (χ4n) is 4.78. The van der Waals surface area contributed by atoms with Crippen molar-refractivity contribution in [3.05, 3.63) is 45.4 Å². The average Bonchev–Trinajstić information content (AvgIpc) is 3.49. The minimum atomic E-state index is -2.71. The molecule has 0 unspecified atom stereocenters. The van der Waals surface area contributed by atoms with E-state index >= 15 is 0 Å². The fraction of sp³-hybridized carbons (Fsp3) is 0.500. The first-order valence-corrected chi connectivity index (χ1v) is 19.1. The van der Waals surface area contributed by atoms with Crippen LogP contribution in [0.4, 0.5) is 10.5 Å². The Kier molecular flexibility index (Phi) is 9.32. The molecule has 1 radical (unpaired) electrons. The van der Waals surface area contributed by atoms with Crippen molar-refractivity contribution in [3.8, 4) is 0 Å². The number of nitrogens with one attached hydrogen (secondary N) is 1. The fourth-order valence-corrected chi connectivity index (χ4v) is 13.6. The zero-order valence-electron chi connectivity index (χ0n) is 22.4. The van der Waals surface area contributed by atoms with E-state index in [9.17, 15) is 19.2 Å². The van der Waals surface area contributed by atoms with Gasteiger partial charge in [-0.3, -0.25) is 4.79 Å². The van der Waals surface area contributed by atoms with Crippen LogP contribution in [0.25, 0.3) is 0 Å². The standard InChI is InChI=1S/C21H23BrClN5O3.C5H9O2.Sn/c1-3-4-5-18(29)27-8-10-28(11-9-27)21(31)15-7-6-14(12-16(15)23)25-20(30)19-24-13-17(22)26(19)2;1-5(2,3)7-4-6;/h5-7,12-13H,1,3-4,8-11H2,2H3,(H,25,30);1-3H3;. The van der Waals surface area contributed by atoms with Gasteiger partial charge in [0.25, 0.3) is 5.91 Å². The molecule has 4 rings (SSSR count). The zero-order chi connectivity index (χ0) is 28.5. The summed E-state index contributed by atoms with van der Waals surface area (Å²) in [7, 11) is 1.71. The van der Waals surface area contributed by atoms with Crippen molar-refractivity contribution in [2.24, 2.45) is 7.05 Å². The van der Waals surface area contributed by atoms with E-state index in [-0.39, 0.29) is 30.6 Å². The predicted molar refractivity (Wildman–Crippen MR) is 153 cm³/mol. The summed E-state index contributed by atoms with van der Waals surface area (Å²) in [5.41, 5.74) is 0.220. The Labute approximate surface area is 248 Å². The number of halogens is 2. The molecule has 1 aromatic carbocycles. The monoisotopic (exact) mass is 728 g/mol. The second kappa shape index (κ2) is 12.2. The first-order valence-electron chi connectivity index (χ1n) is 12.8. The van der Waals surface area contributed by atoms with Crippen molar-refractivity contribution >= 4 is 74.7 Å². The summed E-state index contributed by atoms with van der Waals surface area (Å²) in [4.78, 5) is 59.4. The molecule has 3 amide bonds. The van der Waals surface area contributed by atoms with Crippen molar-refractivity contribution in [3.63, 3.8) is 0 Å². The number of benzene rings is 1. The molecule has 10 nitrogen and oxygen atoms in total. The Morgan fingerprint density at radius 1 is 1.13 bits per heavy atom. The molecule has 1 N–H and O–H groups in total. The van der Waals surface area contributed by atoms with Crippen molar-refractivity contribution in [2.75, 3.05) is 31.5 Å². The van der Waals surface area contributed by atoms with Gasteiger partial charge in [0.1, 0.15) is 4.60 Å². The molecule has 2 aliphatic rings. The van der Waals surface area contributed by atoms with Crippen LogP contribution in [-0.4, -0.2) is 92.6 Å². The van der Waals surface area contributed by atoms with Crippen LogP contribution >= 0.6 is 27.5 Å². The Balaban J connectivity index is 1.34. The third-order valence-electron chi connectivity index (χ3n) is 6.79. The summed E-state index contributed by atoms with van der Waals surface area (Å²) in [6.45, 7) is 7.15. The van der Waals surface area contributed by atoms with Crippen LogP contribution < -0.4 is 5.32 Å². The molecule has 209 valence electrons. The van der Waals surface area contributed by atoms with Gasteiger partial charge in [-0.1, -0.05) is 0 Å². The number of nitrogens with zero attached hydrogens (tertiary/aromatic N) is 4. The van der Waals surface area contributed by atoms with Crippen molar-refractivity contribution in [1.29, 1.82) is 0 Å². The normalized spacial score (nSPS) is 18.3. The summed E-state index contributed by atoms with van der Waals surface area (Å²) in [6, 6.07) is 4.75. The van der Waals surface area contributed by atoms with Crippen molar-refractivity contribution in [1.82, 2.24) is 19.4 Å². The number of carbonyl (C=O) groups is 4. The van der Waals surface area contributed by atoms with Crippen LogP contribution in [0.3, 0.4) is 0 Å². The van der Waals surface area contributed by atoms with Crippen LogP contribution in [0.1, 0.15) is 54.6 Å². The van der Waals surface area contributed by atoms with E-state index in [4.69, 9.17) is 16.3 Å². The molecule has 0 bridgehead atoms. The molecular weight excluding hydrogens is 696 g/mol. The number of hydrogen-bond acceptors (Lipinski definition) is 6. The van der Waals surface area contributed by atoms with Gasteiger partial charge in [0.2, 0.25) is 0 Å². The summed E-state index contributed by atoms with van der Waals surface area (Å²) in [5.74, 6) is -0.370. The van der Waals surface area contributed by atoms with Crippen molar-refractivity contribution in [2.45, 2.75) is 47.6 Å². The molecule has 1 aromatic heterocycles. The summed E-state index contributed by atoms with van der Waals surface area (Å²) in [5, 5.41) is 2.96. The van der Waals surface area contributed by atoms with Gasteiger partial charge in [-0.25, -0.2) is 4.98 Å². The summed E-state index contributed by atoms with van der Waals surface area (Å²) in [6.07, 6.45) is 3.19. The maximum atomic E-state index is 13.3. The molecule has 3 heterocycles. The quantitative estimate of drug-likeness (QED) is 0.453. The SMILES string of the molecule is Cn1c(Br)cnc1C(=O)Nc1ccc(C(=O)N2CCN(C(=O)[C@@H]3CC[CH2][Sn]3[C](=O)OC(C)(C)C)CC2)c(Cl)c1. The van der Waals surface area contributed by atoms with Crippen LogP contribution in [0.5, 0.6) is 0 Å². The Bertz CT molecular complexity index is 1290. The van der Waals surface area contributed by atoms with Gasteiger partial charge in [-0.15, -0.1) is 0 Å². The molecule has 13 heteroatoms. The Hall–Kier alpha value is -2.12. The summed E-state index contributed by atoms with van der Waals surface area (Å²) >= 11 is 7.04. The number of aromatic nitrogens is 2. The number of imidazole rings is 1. The second-order valence-corrected chi connectivity index (χ2v) is 19.5. The van der Waals surface area contributed by atoms with Gasteiger partial charge in [-0.2, -0.15) is 0 Å². The topological polar surface area (TPSA) is 114 Å². The van der Waals surface area contributed by atoms with E-state index in [0.29, 0.717) is 42.0 Å². The second-order valence-electron chi connectivity index (χ2n) is 10.7. The Morgan fingerprint density at radius 2 is 1.79 bits per heavy atom. The van der Waals surface area contributed by atoms with Gasteiger partial charge in [0.05, 0.1) is 6.20 Å². The van der Waals surface area contributed by atoms with Crippen LogP contribution in [0, 0.1) is 0 Å². The Morgan fingerprint density at radius 3 is 2.38 bits per heavy atom. The first kappa shape index (κ1) is 29.9. The molecule has 2 fully saturated rings.